The number of halogens is 1. The number of nitrogens with one attached hydrogen (secondary N) is 1. The van der Waals surface area contributed by atoms with Crippen LogP contribution in [-0.4, -0.2) is 29.3 Å². The fourth-order valence-corrected chi connectivity index (χ4v) is 3.16. The van der Waals surface area contributed by atoms with Crippen molar-refractivity contribution in [1.29, 1.82) is 0 Å². The van der Waals surface area contributed by atoms with Gasteiger partial charge in [-0.2, -0.15) is 0 Å². The summed E-state index contributed by atoms with van der Waals surface area (Å²) in [6, 6.07) is 13.7. The molecule has 156 valence electrons. The quantitative estimate of drug-likeness (QED) is 0.679. The summed E-state index contributed by atoms with van der Waals surface area (Å²) in [5, 5.41) is 2.77. The highest BCUT2D eigenvalue weighted by Gasteiger charge is 2.25. The molecule has 2 aromatic carbocycles. The number of carbonyl (C=O) groups is 2. The van der Waals surface area contributed by atoms with Crippen LogP contribution in [0.2, 0.25) is 0 Å². The number of hydrogen-bond donors (Lipinski definition) is 1. The minimum Gasteiger partial charge on any atom is -0.355 e. The van der Waals surface area contributed by atoms with Crippen LogP contribution in [0.3, 0.4) is 0 Å². The fraction of sp³-hybridized carbons (Fsp3) is 0.417. The molecule has 0 fully saturated rings. The first-order valence-electron chi connectivity index (χ1n) is 10.2. The van der Waals surface area contributed by atoms with E-state index in [-0.39, 0.29) is 24.2 Å². The first-order valence-corrected chi connectivity index (χ1v) is 10.2. The van der Waals surface area contributed by atoms with Crippen LogP contribution in [0.4, 0.5) is 4.39 Å². The van der Waals surface area contributed by atoms with Gasteiger partial charge < -0.3 is 10.2 Å². The van der Waals surface area contributed by atoms with E-state index in [1.165, 1.54) is 17.7 Å². The summed E-state index contributed by atoms with van der Waals surface area (Å²) in [6.45, 7) is 8.64. The highest BCUT2D eigenvalue weighted by molar-refractivity contribution is 5.87. The van der Waals surface area contributed by atoms with Crippen LogP contribution in [0.15, 0.2) is 48.5 Å². The van der Waals surface area contributed by atoms with Crippen molar-refractivity contribution in [3.8, 4) is 0 Å². The molecule has 2 amide bonds. The van der Waals surface area contributed by atoms with Gasteiger partial charge in [0.2, 0.25) is 11.8 Å². The van der Waals surface area contributed by atoms with Gasteiger partial charge >= 0.3 is 0 Å². The number of aryl methyl sites for hydroxylation is 1. The van der Waals surface area contributed by atoms with E-state index in [0.717, 1.165) is 11.1 Å². The Hall–Kier alpha value is -2.69. The van der Waals surface area contributed by atoms with Crippen molar-refractivity contribution in [2.75, 3.05) is 6.54 Å². The van der Waals surface area contributed by atoms with E-state index in [0.29, 0.717) is 25.3 Å². The normalized spacial score (nSPS) is 11.9. The van der Waals surface area contributed by atoms with Gasteiger partial charge in [-0.05, 0) is 55.0 Å². The molecule has 0 aliphatic carbocycles. The predicted octanol–water partition coefficient (Wildman–Crippen LogP) is 4.44. The van der Waals surface area contributed by atoms with Crippen LogP contribution in [0, 0.1) is 5.82 Å². The molecule has 0 heterocycles. The molecule has 0 spiro atoms. The standard InChI is InChI=1S/C24H31FN2O2/c1-5-26-24(29)18(4)27(16-20-8-13-22(25)14-9-20)23(28)15-10-19-6-11-21(12-7-19)17(2)3/h6-9,11-14,17-18H,5,10,15-16H2,1-4H3,(H,26,29)/t18-/m0/s1. The maximum absolute atomic E-state index is 13.2. The molecule has 0 aliphatic heterocycles. The van der Waals surface area contributed by atoms with Crippen molar-refractivity contribution in [2.24, 2.45) is 0 Å². The zero-order valence-electron chi connectivity index (χ0n) is 17.7. The molecule has 29 heavy (non-hydrogen) atoms. The van der Waals surface area contributed by atoms with Gasteiger partial charge in [-0.3, -0.25) is 9.59 Å². The zero-order chi connectivity index (χ0) is 21.4. The highest BCUT2D eigenvalue weighted by Crippen LogP contribution is 2.17. The number of nitrogens with zero attached hydrogens (tertiary/aromatic N) is 1. The summed E-state index contributed by atoms with van der Waals surface area (Å²) in [5.41, 5.74) is 3.15. The lowest BCUT2D eigenvalue weighted by atomic mass is 10.00. The Morgan fingerprint density at radius 1 is 0.966 bits per heavy atom. The Morgan fingerprint density at radius 3 is 2.10 bits per heavy atom. The van der Waals surface area contributed by atoms with E-state index < -0.39 is 6.04 Å². The van der Waals surface area contributed by atoms with E-state index in [1.807, 2.05) is 6.92 Å². The first kappa shape index (κ1) is 22.6. The molecule has 2 rings (SSSR count). The molecule has 0 aliphatic rings. The van der Waals surface area contributed by atoms with Crippen molar-refractivity contribution in [2.45, 2.75) is 59.0 Å². The van der Waals surface area contributed by atoms with Crippen LogP contribution in [-0.2, 0) is 22.6 Å². The summed E-state index contributed by atoms with van der Waals surface area (Å²) in [7, 11) is 0. The number of amides is 2. The van der Waals surface area contributed by atoms with Crippen molar-refractivity contribution >= 4 is 11.8 Å². The fourth-order valence-electron chi connectivity index (χ4n) is 3.16. The molecule has 2 aromatic rings. The summed E-state index contributed by atoms with van der Waals surface area (Å²) in [5.74, 6) is -0.145. The molecule has 1 N–H and O–H groups in total. The molecule has 0 radical (unpaired) electrons. The third kappa shape index (κ3) is 6.70. The van der Waals surface area contributed by atoms with Gasteiger partial charge in [0, 0.05) is 19.5 Å². The van der Waals surface area contributed by atoms with Crippen molar-refractivity contribution in [3.63, 3.8) is 0 Å². The Bertz CT molecular complexity index is 801. The van der Waals surface area contributed by atoms with E-state index in [1.54, 1.807) is 24.0 Å². The summed E-state index contributed by atoms with van der Waals surface area (Å²) in [6.07, 6.45) is 0.922. The third-order valence-corrected chi connectivity index (χ3v) is 5.06. The molecule has 0 saturated heterocycles. The Labute approximate surface area is 173 Å². The van der Waals surface area contributed by atoms with Crippen molar-refractivity contribution < 1.29 is 14.0 Å². The van der Waals surface area contributed by atoms with Crippen molar-refractivity contribution in [3.05, 3.63) is 71.0 Å². The Morgan fingerprint density at radius 2 is 1.55 bits per heavy atom. The monoisotopic (exact) mass is 398 g/mol. The second-order valence-electron chi connectivity index (χ2n) is 7.61. The number of rotatable bonds is 9. The molecule has 4 nitrogen and oxygen atoms in total. The minimum absolute atomic E-state index is 0.0963. The van der Waals surface area contributed by atoms with Gasteiger partial charge in [0.1, 0.15) is 11.9 Å². The number of hydrogen-bond acceptors (Lipinski definition) is 2. The van der Waals surface area contributed by atoms with E-state index >= 15 is 0 Å². The third-order valence-electron chi connectivity index (χ3n) is 5.06. The molecule has 0 aromatic heterocycles. The van der Waals surface area contributed by atoms with Crippen LogP contribution in [0.25, 0.3) is 0 Å². The minimum atomic E-state index is -0.601. The number of likely N-dealkylation sites (N-methyl/N-ethyl adjacent to an activating group) is 1. The van der Waals surface area contributed by atoms with Crippen LogP contribution < -0.4 is 5.32 Å². The predicted molar refractivity (Wildman–Crippen MR) is 114 cm³/mol. The lowest BCUT2D eigenvalue weighted by molar-refractivity contribution is -0.140. The van der Waals surface area contributed by atoms with Gasteiger partial charge in [-0.25, -0.2) is 4.39 Å². The second kappa shape index (κ2) is 10.7. The lowest BCUT2D eigenvalue weighted by Gasteiger charge is -2.29. The van der Waals surface area contributed by atoms with E-state index in [9.17, 15) is 14.0 Å². The topological polar surface area (TPSA) is 49.4 Å². The average Bonchev–Trinajstić information content (AvgIpc) is 2.71. The maximum Gasteiger partial charge on any atom is 0.242 e. The highest BCUT2D eigenvalue weighted by atomic mass is 19.1. The largest absolute Gasteiger partial charge is 0.355 e. The molecule has 1 atom stereocenters. The van der Waals surface area contributed by atoms with Crippen LogP contribution in [0.1, 0.15) is 56.7 Å². The molecular formula is C24H31FN2O2. The Balaban J connectivity index is 2.10. The summed E-state index contributed by atoms with van der Waals surface area (Å²) < 4.78 is 13.2. The number of carbonyl (C=O) groups excluding carboxylic acids is 2. The van der Waals surface area contributed by atoms with Gasteiger partial charge in [0.05, 0.1) is 0 Å². The van der Waals surface area contributed by atoms with Crippen LogP contribution >= 0.6 is 0 Å². The molecule has 0 saturated carbocycles. The van der Waals surface area contributed by atoms with E-state index in [4.69, 9.17) is 0 Å². The van der Waals surface area contributed by atoms with Crippen LogP contribution in [0.5, 0.6) is 0 Å². The van der Waals surface area contributed by atoms with Gasteiger partial charge in [0.15, 0.2) is 0 Å². The Kier molecular flexibility index (Phi) is 8.37. The van der Waals surface area contributed by atoms with E-state index in [2.05, 4.69) is 43.4 Å². The van der Waals surface area contributed by atoms with Gasteiger partial charge in [-0.1, -0.05) is 50.2 Å². The van der Waals surface area contributed by atoms with Crippen molar-refractivity contribution in [1.82, 2.24) is 10.2 Å². The van der Waals surface area contributed by atoms with Gasteiger partial charge in [-0.15, -0.1) is 0 Å². The lowest BCUT2D eigenvalue weighted by Crippen LogP contribution is -2.47. The molecule has 5 heteroatoms. The smallest absolute Gasteiger partial charge is 0.242 e. The zero-order valence-corrected chi connectivity index (χ0v) is 17.7. The molecule has 0 bridgehead atoms. The molecular weight excluding hydrogens is 367 g/mol. The number of benzene rings is 2. The first-order chi connectivity index (χ1) is 13.8. The summed E-state index contributed by atoms with van der Waals surface area (Å²) in [4.78, 5) is 26.9. The SMILES string of the molecule is CCNC(=O)[C@H](C)N(Cc1ccc(F)cc1)C(=O)CCc1ccc(C(C)C)cc1. The van der Waals surface area contributed by atoms with Gasteiger partial charge in [0.25, 0.3) is 0 Å². The molecule has 0 unspecified atom stereocenters. The summed E-state index contributed by atoms with van der Waals surface area (Å²) >= 11 is 0. The average molecular weight is 399 g/mol. The maximum atomic E-state index is 13.2. The second-order valence-corrected chi connectivity index (χ2v) is 7.61.